The summed E-state index contributed by atoms with van der Waals surface area (Å²) in [6, 6.07) is 13.9. The van der Waals surface area contributed by atoms with Crippen molar-refractivity contribution < 1.29 is 14.3 Å². The van der Waals surface area contributed by atoms with E-state index in [-0.39, 0.29) is 11.8 Å². The highest BCUT2D eigenvalue weighted by Gasteiger charge is 2.33. The summed E-state index contributed by atoms with van der Waals surface area (Å²) in [5, 5.41) is 7.74. The molecule has 1 N–H and O–H groups in total. The standard InChI is InChI=1S/C22H23N3O3/c1-13-5-8-16(9-6-13)25-22-21(14(2)24-25)17(12-20(26)23-22)15-7-10-18(27-3)19(11-15)28-4/h5-11,17H,12H2,1-4H3,(H,23,26)/t17-/m1/s1. The van der Waals surface area contributed by atoms with Gasteiger partial charge in [-0.1, -0.05) is 23.8 Å². The Bertz CT molecular complexity index is 1040. The van der Waals surface area contributed by atoms with Crippen LogP contribution in [-0.2, 0) is 4.79 Å². The van der Waals surface area contributed by atoms with Crippen molar-refractivity contribution in [3.8, 4) is 17.2 Å². The number of nitrogens with one attached hydrogen (secondary N) is 1. The van der Waals surface area contributed by atoms with E-state index in [1.807, 2.05) is 61.0 Å². The van der Waals surface area contributed by atoms with Gasteiger partial charge in [-0.3, -0.25) is 4.79 Å². The van der Waals surface area contributed by atoms with Crippen LogP contribution in [0.25, 0.3) is 5.69 Å². The van der Waals surface area contributed by atoms with E-state index in [1.165, 1.54) is 5.56 Å². The smallest absolute Gasteiger partial charge is 0.226 e. The number of benzene rings is 2. The van der Waals surface area contributed by atoms with Crippen LogP contribution < -0.4 is 14.8 Å². The molecule has 0 saturated carbocycles. The number of carbonyl (C=O) groups excluding carboxylic acids is 1. The fourth-order valence-electron chi connectivity index (χ4n) is 3.77. The number of nitrogens with zero attached hydrogens (tertiary/aromatic N) is 2. The van der Waals surface area contributed by atoms with E-state index < -0.39 is 0 Å². The Labute approximate surface area is 164 Å². The molecule has 0 radical (unpaired) electrons. The molecule has 1 aliphatic heterocycles. The Morgan fingerprint density at radius 3 is 2.43 bits per heavy atom. The van der Waals surface area contributed by atoms with Crippen molar-refractivity contribution in [2.45, 2.75) is 26.2 Å². The van der Waals surface area contributed by atoms with Gasteiger partial charge in [0.1, 0.15) is 5.82 Å². The fraction of sp³-hybridized carbons (Fsp3) is 0.273. The monoisotopic (exact) mass is 377 g/mol. The molecule has 4 rings (SSSR count). The van der Waals surface area contributed by atoms with Crippen LogP contribution in [0.3, 0.4) is 0 Å². The number of anilines is 1. The number of hydrogen-bond acceptors (Lipinski definition) is 4. The second kappa shape index (κ2) is 7.03. The summed E-state index contributed by atoms with van der Waals surface area (Å²) in [7, 11) is 3.22. The van der Waals surface area contributed by atoms with Gasteiger partial charge < -0.3 is 14.8 Å². The third-order valence-electron chi connectivity index (χ3n) is 5.19. The summed E-state index contributed by atoms with van der Waals surface area (Å²) in [6.07, 6.45) is 0.364. The molecular weight excluding hydrogens is 354 g/mol. The number of ether oxygens (including phenoxy) is 2. The first-order valence-electron chi connectivity index (χ1n) is 9.20. The zero-order chi connectivity index (χ0) is 19.8. The summed E-state index contributed by atoms with van der Waals surface area (Å²) in [5.41, 5.74) is 5.03. The van der Waals surface area contributed by atoms with Gasteiger partial charge in [-0.15, -0.1) is 0 Å². The minimum Gasteiger partial charge on any atom is -0.493 e. The molecule has 2 aromatic carbocycles. The number of fused-ring (bicyclic) bond motifs is 1. The van der Waals surface area contributed by atoms with Gasteiger partial charge in [0, 0.05) is 17.9 Å². The number of methoxy groups -OCH3 is 2. The van der Waals surface area contributed by atoms with Crippen molar-refractivity contribution in [2.24, 2.45) is 0 Å². The highest BCUT2D eigenvalue weighted by Crippen LogP contribution is 2.42. The zero-order valence-electron chi connectivity index (χ0n) is 16.4. The molecule has 0 aliphatic carbocycles. The van der Waals surface area contributed by atoms with Crippen LogP contribution >= 0.6 is 0 Å². The van der Waals surface area contributed by atoms with Crippen LogP contribution in [0.4, 0.5) is 5.82 Å². The van der Waals surface area contributed by atoms with Gasteiger partial charge in [0.05, 0.1) is 25.6 Å². The van der Waals surface area contributed by atoms with Crippen LogP contribution in [0.15, 0.2) is 42.5 Å². The Hall–Kier alpha value is -3.28. The maximum absolute atomic E-state index is 12.5. The first-order valence-corrected chi connectivity index (χ1v) is 9.20. The van der Waals surface area contributed by atoms with E-state index in [0.29, 0.717) is 17.9 Å². The number of aromatic nitrogens is 2. The summed E-state index contributed by atoms with van der Waals surface area (Å²) >= 11 is 0. The van der Waals surface area contributed by atoms with Crippen LogP contribution in [0, 0.1) is 13.8 Å². The van der Waals surface area contributed by atoms with E-state index in [9.17, 15) is 4.79 Å². The average molecular weight is 377 g/mol. The number of hydrogen-bond donors (Lipinski definition) is 1. The number of aryl methyl sites for hydroxylation is 2. The molecule has 28 heavy (non-hydrogen) atoms. The summed E-state index contributed by atoms with van der Waals surface area (Å²) in [4.78, 5) is 12.5. The van der Waals surface area contributed by atoms with Gasteiger partial charge in [0.2, 0.25) is 5.91 Å². The van der Waals surface area contributed by atoms with Crippen LogP contribution in [0.1, 0.15) is 34.7 Å². The van der Waals surface area contributed by atoms with Gasteiger partial charge in [0.15, 0.2) is 11.5 Å². The second-order valence-electron chi connectivity index (χ2n) is 7.01. The van der Waals surface area contributed by atoms with Crippen LogP contribution in [0.5, 0.6) is 11.5 Å². The van der Waals surface area contributed by atoms with Gasteiger partial charge in [0.25, 0.3) is 0 Å². The van der Waals surface area contributed by atoms with E-state index in [2.05, 4.69) is 5.32 Å². The van der Waals surface area contributed by atoms with Gasteiger partial charge in [-0.05, 0) is 43.7 Å². The number of rotatable bonds is 4. The molecule has 0 unspecified atom stereocenters. The molecule has 0 bridgehead atoms. The van der Waals surface area contributed by atoms with Gasteiger partial charge in [-0.2, -0.15) is 5.10 Å². The van der Waals surface area contributed by atoms with Crippen LogP contribution in [0.2, 0.25) is 0 Å². The lowest BCUT2D eigenvalue weighted by molar-refractivity contribution is -0.116. The lowest BCUT2D eigenvalue weighted by atomic mass is 9.85. The Balaban J connectivity index is 1.84. The van der Waals surface area contributed by atoms with Crippen molar-refractivity contribution in [3.05, 3.63) is 64.8 Å². The topological polar surface area (TPSA) is 65.4 Å². The normalized spacial score (nSPS) is 15.7. The molecule has 6 nitrogen and oxygen atoms in total. The summed E-state index contributed by atoms with van der Waals surface area (Å²) in [5.74, 6) is 1.93. The van der Waals surface area contributed by atoms with Crippen molar-refractivity contribution in [3.63, 3.8) is 0 Å². The first kappa shape index (κ1) is 18.1. The lowest BCUT2D eigenvalue weighted by Crippen LogP contribution is -2.25. The molecule has 0 fully saturated rings. The van der Waals surface area contributed by atoms with Gasteiger partial charge >= 0.3 is 0 Å². The maximum atomic E-state index is 12.5. The Morgan fingerprint density at radius 2 is 1.75 bits per heavy atom. The van der Waals surface area contributed by atoms with E-state index in [4.69, 9.17) is 14.6 Å². The van der Waals surface area contributed by atoms with Gasteiger partial charge in [-0.25, -0.2) is 4.68 Å². The largest absolute Gasteiger partial charge is 0.493 e. The van der Waals surface area contributed by atoms with Crippen molar-refractivity contribution >= 4 is 11.7 Å². The highest BCUT2D eigenvalue weighted by atomic mass is 16.5. The molecule has 144 valence electrons. The molecule has 1 atom stereocenters. The molecule has 0 saturated heterocycles. The third-order valence-corrected chi connectivity index (χ3v) is 5.19. The lowest BCUT2D eigenvalue weighted by Gasteiger charge is -2.25. The average Bonchev–Trinajstić information content (AvgIpc) is 3.03. The Morgan fingerprint density at radius 1 is 1.04 bits per heavy atom. The first-order chi connectivity index (χ1) is 13.5. The fourth-order valence-corrected chi connectivity index (χ4v) is 3.77. The number of amides is 1. The van der Waals surface area contributed by atoms with E-state index in [1.54, 1.807) is 14.2 Å². The number of carbonyl (C=O) groups is 1. The molecule has 1 aliphatic rings. The van der Waals surface area contributed by atoms with E-state index >= 15 is 0 Å². The Kier molecular flexibility index (Phi) is 4.55. The maximum Gasteiger partial charge on any atom is 0.226 e. The minimum atomic E-state index is -0.0947. The molecule has 3 aromatic rings. The predicted octanol–water partition coefficient (Wildman–Crippen LogP) is 3.98. The van der Waals surface area contributed by atoms with E-state index in [0.717, 1.165) is 28.3 Å². The minimum absolute atomic E-state index is 0.0273. The summed E-state index contributed by atoms with van der Waals surface area (Å²) in [6.45, 7) is 4.03. The SMILES string of the molecule is COc1ccc([C@H]2CC(=O)Nc3c2c(C)nn3-c2ccc(C)cc2)cc1OC. The molecule has 1 aromatic heterocycles. The molecule has 0 spiro atoms. The predicted molar refractivity (Wildman–Crippen MR) is 108 cm³/mol. The molecule has 6 heteroatoms. The molecule has 1 amide bonds. The van der Waals surface area contributed by atoms with Crippen molar-refractivity contribution in [1.82, 2.24) is 9.78 Å². The second-order valence-corrected chi connectivity index (χ2v) is 7.01. The highest BCUT2D eigenvalue weighted by molar-refractivity contribution is 5.95. The molecular formula is C22H23N3O3. The summed E-state index contributed by atoms with van der Waals surface area (Å²) < 4.78 is 12.6. The van der Waals surface area contributed by atoms with Crippen LogP contribution in [-0.4, -0.2) is 29.9 Å². The van der Waals surface area contributed by atoms with Crippen molar-refractivity contribution in [2.75, 3.05) is 19.5 Å². The van der Waals surface area contributed by atoms with Crippen molar-refractivity contribution in [1.29, 1.82) is 0 Å². The third kappa shape index (κ3) is 3.01. The molecule has 2 heterocycles. The zero-order valence-corrected chi connectivity index (χ0v) is 16.4. The quantitative estimate of drug-likeness (QED) is 0.747.